The summed E-state index contributed by atoms with van der Waals surface area (Å²) in [6, 6.07) is 4.66. The molecule has 1 aromatic heterocycles. The zero-order chi connectivity index (χ0) is 13.8. The van der Waals surface area contributed by atoms with Gasteiger partial charge in [0.2, 0.25) is 0 Å². The Kier molecular flexibility index (Phi) is 4.85. The standard InChI is InChI=1S/C13H15ClFN3S/c1-8(2)6-16-7-12-17-18-13(19-12)9-3-4-10(14)11(15)5-9/h3-5,8,16H,6-7H2,1-2H3. The predicted molar refractivity (Wildman–Crippen MR) is 76.9 cm³/mol. The molecule has 6 heteroatoms. The first-order valence-corrected chi connectivity index (χ1v) is 7.24. The normalized spacial score (nSPS) is 11.2. The SMILES string of the molecule is CC(C)CNCc1nnc(-c2ccc(Cl)c(F)c2)s1. The summed E-state index contributed by atoms with van der Waals surface area (Å²) in [6.07, 6.45) is 0. The van der Waals surface area contributed by atoms with E-state index in [1.165, 1.54) is 23.5 Å². The summed E-state index contributed by atoms with van der Waals surface area (Å²) in [4.78, 5) is 0. The largest absolute Gasteiger partial charge is 0.310 e. The molecule has 0 aliphatic carbocycles. The smallest absolute Gasteiger partial charge is 0.147 e. The highest BCUT2D eigenvalue weighted by molar-refractivity contribution is 7.14. The highest BCUT2D eigenvalue weighted by Gasteiger charge is 2.09. The van der Waals surface area contributed by atoms with E-state index in [0.717, 1.165) is 11.6 Å². The number of rotatable bonds is 5. The molecule has 0 aliphatic heterocycles. The molecule has 0 amide bonds. The van der Waals surface area contributed by atoms with Crippen molar-refractivity contribution in [3.05, 3.63) is 34.0 Å². The van der Waals surface area contributed by atoms with Crippen LogP contribution in [0.4, 0.5) is 4.39 Å². The average Bonchev–Trinajstić information content (AvgIpc) is 2.81. The van der Waals surface area contributed by atoms with Crippen LogP contribution in [0, 0.1) is 11.7 Å². The van der Waals surface area contributed by atoms with Crippen molar-refractivity contribution in [2.24, 2.45) is 5.92 Å². The van der Waals surface area contributed by atoms with Gasteiger partial charge in [-0.05, 0) is 24.6 Å². The Morgan fingerprint density at radius 3 is 2.84 bits per heavy atom. The monoisotopic (exact) mass is 299 g/mol. The first-order chi connectivity index (χ1) is 9.06. The maximum Gasteiger partial charge on any atom is 0.147 e. The Morgan fingerprint density at radius 1 is 1.37 bits per heavy atom. The summed E-state index contributed by atoms with van der Waals surface area (Å²) in [6.45, 7) is 5.92. The topological polar surface area (TPSA) is 37.8 Å². The third-order valence-corrected chi connectivity index (χ3v) is 3.74. The van der Waals surface area contributed by atoms with Crippen LogP contribution in [0.15, 0.2) is 18.2 Å². The lowest BCUT2D eigenvalue weighted by Gasteiger charge is -2.04. The summed E-state index contributed by atoms with van der Waals surface area (Å²) >= 11 is 7.11. The molecule has 1 heterocycles. The molecule has 0 fully saturated rings. The van der Waals surface area contributed by atoms with Gasteiger partial charge in [0.05, 0.1) is 5.02 Å². The van der Waals surface area contributed by atoms with Crippen LogP contribution in [-0.2, 0) is 6.54 Å². The number of benzene rings is 1. The van der Waals surface area contributed by atoms with Gasteiger partial charge in [0, 0.05) is 12.1 Å². The van der Waals surface area contributed by atoms with Crippen LogP contribution in [0.3, 0.4) is 0 Å². The van der Waals surface area contributed by atoms with Crippen LogP contribution >= 0.6 is 22.9 Å². The summed E-state index contributed by atoms with van der Waals surface area (Å²) in [5.74, 6) is 0.159. The fraction of sp³-hybridized carbons (Fsp3) is 0.385. The fourth-order valence-electron chi connectivity index (χ4n) is 1.54. The van der Waals surface area contributed by atoms with Crippen molar-refractivity contribution < 1.29 is 4.39 Å². The molecular formula is C13H15ClFN3S. The van der Waals surface area contributed by atoms with Gasteiger partial charge in [-0.2, -0.15) is 0 Å². The predicted octanol–water partition coefficient (Wildman–Crippen LogP) is 3.74. The minimum Gasteiger partial charge on any atom is -0.310 e. The molecule has 0 spiro atoms. The van der Waals surface area contributed by atoms with Crippen LogP contribution in [0.2, 0.25) is 5.02 Å². The third kappa shape index (κ3) is 3.96. The van der Waals surface area contributed by atoms with Gasteiger partial charge in [0.15, 0.2) is 0 Å². The molecule has 2 aromatic rings. The highest BCUT2D eigenvalue weighted by Crippen LogP contribution is 2.26. The van der Waals surface area contributed by atoms with E-state index in [-0.39, 0.29) is 5.02 Å². The van der Waals surface area contributed by atoms with Crippen molar-refractivity contribution >= 4 is 22.9 Å². The Labute approximate surface area is 120 Å². The molecule has 0 radical (unpaired) electrons. The second-order valence-corrected chi connectivity index (χ2v) is 6.12. The van der Waals surface area contributed by atoms with Crippen molar-refractivity contribution in [2.75, 3.05) is 6.54 Å². The number of halogens is 2. The summed E-state index contributed by atoms with van der Waals surface area (Å²) in [5, 5.41) is 13.2. The van der Waals surface area contributed by atoms with Gasteiger partial charge in [-0.25, -0.2) is 4.39 Å². The van der Waals surface area contributed by atoms with Crippen molar-refractivity contribution in [1.82, 2.24) is 15.5 Å². The number of hydrogen-bond acceptors (Lipinski definition) is 4. The van der Waals surface area contributed by atoms with E-state index in [4.69, 9.17) is 11.6 Å². The van der Waals surface area contributed by atoms with E-state index in [1.54, 1.807) is 6.07 Å². The maximum absolute atomic E-state index is 13.4. The summed E-state index contributed by atoms with van der Waals surface area (Å²) < 4.78 is 13.4. The van der Waals surface area contributed by atoms with Crippen molar-refractivity contribution in [1.29, 1.82) is 0 Å². The first kappa shape index (κ1) is 14.4. The number of hydrogen-bond donors (Lipinski definition) is 1. The molecule has 0 aliphatic rings. The van der Waals surface area contributed by atoms with Gasteiger partial charge in [-0.1, -0.05) is 42.9 Å². The van der Waals surface area contributed by atoms with Crippen LogP contribution < -0.4 is 5.32 Å². The molecule has 2 rings (SSSR count). The van der Waals surface area contributed by atoms with Gasteiger partial charge < -0.3 is 5.32 Å². The van der Waals surface area contributed by atoms with Gasteiger partial charge in [0.25, 0.3) is 0 Å². The zero-order valence-corrected chi connectivity index (χ0v) is 12.4. The Morgan fingerprint density at radius 2 is 2.16 bits per heavy atom. The third-order valence-electron chi connectivity index (χ3n) is 2.46. The molecular weight excluding hydrogens is 285 g/mol. The molecule has 3 nitrogen and oxygen atoms in total. The fourth-order valence-corrected chi connectivity index (χ4v) is 2.46. The van der Waals surface area contributed by atoms with Crippen molar-refractivity contribution in [3.63, 3.8) is 0 Å². The van der Waals surface area contributed by atoms with Gasteiger partial charge in [0.1, 0.15) is 15.8 Å². The number of nitrogens with one attached hydrogen (secondary N) is 1. The molecule has 19 heavy (non-hydrogen) atoms. The van der Waals surface area contributed by atoms with Crippen LogP contribution in [0.5, 0.6) is 0 Å². The zero-order valence-electron chi connectivity index (χ0n) is 10.8. The molecule has 102 valence electrons. The first-order valence-electron chi connectivity index (χ1n) is 6.05. The van der Waals surface area contributed by atoms with Crippen LogP contribution in [0.25, 0.3) is 10.6 Å². The van der Waals surface area contributed by atoms with E-state index in [0.29, 0.717) is 23.0 Å². The molecule has 0 atom stereocenters. The molecule has 1 aromatic carbocycles. The minimum atomic E-state index is -0.436. The second kappa shape index (κ2) is 6.41. The lowest BCUT2D eigenvalue weighted by Crippen LogP contribution is -2.18. The Balaban J connectivity index is 2.05. The Hall–Kier alpha value is -1.04. The van der Waals surface area contributed by atoms with E-state index in [1.807, 2.05) is 0 Å². The van der Waals surface area contributed by atoms with Gasteiger partial charge >= 0.3 is 0 Å². The number of aromatic nitrogens is 2. The molecule has 1 N–H and O–H groups in total. The molecule has 0 saturated carbocycles. The molecule has 0 saturated heterocycles. The maximum atomic E-state index is 13.4. The quantitative estimate of drug-likeness (QED) is 0.914. The van der Waals surface area contributed by atoms with Gasteiger partial charge in [-0.15, -0.1) is 10.2 Å². The summed E-state index contributed by atoms with van der Waals surface area (Å²) in [5.41, 5.74) is 0.703. The van der Waals surface area contributed by atoms with Crippen LogP contribution in [0.1, 0.15) is 18.9 Å². The van der Waals surface area contributed by atoms with E-state index in [9.17, 15) is 4.39 Å². The highest BCUT2D eigenvalue weighted by atomic mass is 35.5. The molecule has 0 unspecified atom stereocenters. The van der Waals surface area contributed by atoms with E-state index in [2.05, 4.69) is 29.4 Å². The molecule has 0 bridgehead atoms. The summed E-state index contributed by atoms with van der Waals surface area (Å²) in [7, 11) is 0. The lowest BCUT2D eigenvalue weighted by atomic mass is 10.2. The Bertz CT molecular complexity index is 557. The van der Waals surface area contributed by atoms with Crippen molar-refractivity contribution in [3.8, 4) is 10.6 Å². The number of nitrogens with zero attached hydrogens (tertiary/aromatic N) is 2. The average molecular weight is 300 g/mol. The van der Waals surface area contributed by atoms with E-state index >= 15 is 0 Å². The van der Waals surface area contributed by atoms with Crippen molar-refractivity contribution in [2.45, 2.75) is 20.4 Å². The second-order valence-electron chi connectivity index (χ2n) is 4.65. The van der Waals surface area contributed by atoms with E-state index < -0.39 is 5.82 Å². The minimum absolute atomic E-state index is 0.118. The van der Waals surface area contributed by atoms with Crippen LogP contribution in [-0.4, -0.2) is 16.7 Å². The van der Waals surface area contributed by atoms with Gasteiger partial charge in [-0.3, -0.25) is 0 Å². The lowest BCUT2D eigenvalue weighted by molar-refractivity contribution is 0.550.